The normalized spacial score (nSPS) is 39.0. The van der Waals surface area contributed by atoms with Crippen LogP contribution in [0.4, 0.5) is 0 Å². The van der Waals surface area contributed by atoms with Crippen LogP contribution in [0.1, 0.15) is 74.7 Å². The molecular formula is C84H128Na8O48S8. The van der Waals surface area contributed by atoms with E-state index in [0.717, 1.165) is 94.1 Å². The maximum absolute atomic E-state index is 12.4. The van der Waals surface area contributed by atoms with E-state index in [0.29, 0.717) is 0 Å². The van der Waals surface area contributed by atoms with E-state index in [4.69, 9.17) is 75.8 Å². The van der Waals surface area contributed by atoms with Crippen molar-refractivity contribution in [1.82, 2.24) is 0 Å². The maximum Gasteiger partial charge on any atom is 1.00 e. The molecule has 16 bridgehead atoms. The Morgan fingerprint density at radius 3 is 0.520 bits per heavy atom. The summed E-state index contributed by atoms with van der Waals surface area (Å²) in [6.07, 6.45) is -78.4. The van der Waals surface area contributed by atoms with Gasteiger partial charge in [0, 0.05) is 200 Å². The zero-order valence-electron chi connectivity index (χ0n) is 85.3. The zero-order chi connectivity index (χ0) is 103. The second-order valence-electron chi connectivity index (χ2n) is 36.5. The van der Waals surface area contributed by atoms with Gasteiger partial charge in [-0.05, 0) is 12.8 Å². The van der Waals surface area contributed by atoms with Gasteiger partial charge < -0.3 is 237 Å². The van der Waals surface area contributed by atoms with Gasteiger partial charge in [-0.3, -0.25) is 0 Å². The number of carboxylic acids is 8. The van der Waals surface area contributed by atoms with Crippen LogP contribution in [0.5, 0.6) is 0 Å². The third kappa shape index (κ3) is 43.2. The van der Waals surface area contributed by atoms with Gasteiger partial charge in [-0.1, -0.05) is 61.8 Å². The van der Waals surface area contributed by atoms with Crippen LogP contribution in [0.15, 0.2) is 0 Å². The molecule has 16 N–H and O–H groups in total. The number of thioether (sulfide) groups is 8. The van der Waals surface area contributed by atoms with Crippen LogP contribution in [0.25, 0.3) is 0 Å². The largest absolute Gasteiger partial charge is 1.00 e. The van der Waals surface area contributed by atoms with Gasteiger partial charge in [-0.2, -0.15) is 94.1 Å². The Bertz CT molecular complexity index is 3850. The number of carboxylic acid groups (broad SMARTS) is 8. The summed E-state index contributed by atoms with van der Waals surface area (Å²) < 4.78 is 101. The number of carbonyl (C=O) groups is 8. The molecule has 48 atom stereocenters. The van der Waals surface area contributed by atoms with Crippen molar-refractivity contribution in [3.05, 3.63) is 0 Å². The molecule has 48 nitrogen and oxygen atoms in total. The van der Waals surface area contributed by atoms with E-state index in [1.807, 2.05) is 0 Å². The predicted octanol–water partition coefficient (Wildman–Crippen LogP) is -38.9. The Kier molecular flexibility index (Phi) is 75.5. The summed E-state index contributed by atoms with van der Waals surface area (Å²) in [5.74, 6) is -26.7. The monoisotopic (exact) mass is 2340 g/mol. The number of hydrogen-bond acceptors (Lipinski definition) is 56. The second-order valence-corrected chi connectivity index (χ2v) is 45.1. The number of carbonyl (C=O) groups excluding carboxylic acids is 8. The van der Waals surface area contributed by atoms with Crippen molar-refractivity contribution in [2.24, 2.45) is 53.3 Å². The smallest absolute Gasteiger partial charge is 0.550 e. The molecule has 0 radical (unpaired) electrons. The molecule has 808 valence electrons. The Hall–Kier alpha value is 5.28. The van der Waals surface area contributed by atoms with Crippen LogP contribution in [0, 0.1) is 53.3 Å². The molecule has 0 saturated carbocycles. The Balaban J connectivity index is 0.0000137. The predicted molar refractivity (Wildman–Crippen MR) is 475 cm³/mol. The Morgan fingerprint density at radius 1 is 0.209 bits per heavy atom. The first kappa shape index (κ1) is 151. The van der Waals surface area contributed by atoms with Crippen LogP contribution in [0.3, 0.4) is 0 Å². The standard InChI is InChI=1S/C84H136O48S8.8Na/c1-29(69(101)102)13-133-21-38-37-11-9-10-12-117-77-55(94)47(86)62(39(119-77)22-134-14-30(2)70(103)104)127-79-57(96)49(88)64(41(121-79)24-136-16-32(4)72(107)108)129-81-59(98)51(90)66(43(123-81)26-138-18-34(6)74(111)112)131-83-61(100)53(92)68(45(125-83)28-140-20-36(8)76(115)116)132-84-60(99)52(91)67(44(124-84)27-139-19-35(7)75(113)114)130-82-58(97)50(89)65(42(122-82)25-137-17-33(5)73(109)110)128-80-56(95)48(87)63(126-78(118-38)54(93)46(37)85)40(120-80)23-135-15-31(3)71(105)106;;;;;;;;/h29-68,77-100H,9-28H2,1-8H3,(H,101,102)(H,103,104)(H,105,106)(H,107,108)(H,109,110)(H,111,112)(H,113,114)(H,115,116);;;;;;;;/q;8*+1/p-8. The molecule has 27 fully saturated rings. The molecular weight excluding hydrogens is 2220 g/mol. The molecule has 148 heavy (non-hydrogen) atoms. The molecule has 27 rings (SSSR count). The van der Waals surface area contributed by atoms with E-state index >= 15 is 0 Å². The minimum Gasteiger partial charge on any atom is -0.550 e. The fourth-order valence-electron chi connectivity index (χ4n) is 16.1. The van der Waals surface area contributed by atoms with E-state index in [1.165, 1.54) is 55.4 Å². The number of ether oxygens (including phenoxy) is 16. The van der Waals surface area contributed by atoms with Gasteiger partial charge >= 0.3 is 236 Å². The SMILES string of the molecule is CC(CSCC1OC2OC3C(CSCC(C)C(=O)[O-])OC(OC4C(CSCC(C)C(=O)[O-])OC(OC5C(CSCC(C)C(=O)[O-])OC(OC6C(CSCC(C)C(=O)[O-])OC(OC7C(CSCC(C)C(=O)[O-])OC(OC8C(CSCC(C)C(=O)[O-])OC(OC9C(CSCC(C)C(=O)[O-])OC(OCCCCC1C(O)C2O)C(O)C9O)C(O)C8O)C(O)C7O)C(O)C6O)C(O)C5O)C(O)C4O)C(O)C3O)C(=O)[O-].[Na+].[Na+].[Na+].[Na+].[Na+].[Na+].[Na+].[Na+]. The first-order chi connectivity index (χ1) is 66.0. The van der Waals surface area contributed by atoms with Crippen molar-refractivity contribution in [3.8, 4) is 0 Å². The van der Waals surface area contributed by atoms with Gasteiger partial charge in [-0.15, -0.1) is 0 Å². The van der Waals surface area contributed by atoms with Crippen molar-refractivity contribution in [3.63, 3.8) is 0 Å². The van der Waals surface area contributed by atoms with E-state index in [-0.39, 0.29) is 326 Å². The minimum atomic E-state index is -2.38. The molecule has 27 aliphatic rings. The van der Waals surface area contributed by atoms with E-state index in [1.54, 1.807) is 0 Å². The molecule has 0 aromatic carbocycles. The fourth-order valence-corrected chi connectivity index (χ4v) is 25.2. The van der Waals surface area contributed by atoms with Crippen LogP contribution < -0.4 is 277 Å². The maximum atomic E-state index is 12.4. The molecule has 27 heterocycles. The number of aliphatic hydroxyl groups is 16. The third-order valence-corrected chi connectivity index (χ3v) is 35.4. The molecule has 0 aromatic rings. The van der Waals surface area contributed by atoms with Crippen molar-refractivity contribution in [2.75, 3.05) is 98.7 Å². The van der Waals surface area contributed by atoms with Gasteiger partial charge in [-0.25, -0.2) is 0 Å². The average Bonchev–Trinajstić information content (AvgIpc) is 0.766. The number of aliphatic hydroxyl groups excluding tert-OH is 16. The molecule has 0 spiro atoms. The summed E-state index contributed by atoms with van der Waals surface area (Å²) >= 11 is 7.08. The van der Waals surface area contributed by atoms with E-state index in [9.17, 15) is 161 Å². The summed E-state index contributed by atoms with van der Waals surface area (Å²) in [7, 11) is 0. The van der Waals surface area contributed by atoms with Gasteiger partial charge in [0.15, 0.2) is 50.3 Å². The third-order valence-electron chi connectivity index (χ3n) is 25.0. The second kappa shape index (κ2) is 73.8. The molecule has 27 aliphatic heterocycles. The molecule has 27 saturated heterocycles. The first-order valence-corrected chi connectivity index (χ1v) is 54.9. The molecule has 48 unspecified atom stereocenters. The average molecular weight is 2350 g/mol. The summed E-state index contributed by atoms with van der Waals surface area (Å²) in [4.78, 5) is 96.4. The zero-order valence-corrected chi connectivity index (χ0v) is 108. The topological polar surface area (TPSA) is 792 Å². The molecule has 0 aromatic heterocycles. The Morgan fingerprint density at radius 2 is 0.351 bits per heavy atom. The van der Waals surface area contributed by atoms with Crippen molar-refractivity contribution in [1.29, 1.82) is 0 Å². The summed E-state index contributed by atoms with van der Waals surface area (Å²) in [5, 5.41) is 293. The summed E-state index contributed by atoms with van der Waals surface area (Å²) in [6.45, 7) is 10.1. The molecule has 64 heteroatoms. The van der Waals surface area contributed by atoms with Gasteiger partial charge in [0.2, 0.25) is 0 Å². The first-order valence-electron chi connectivity index (χ1n) is 45.6. The van der Waals surface area contributed by atoms with Crippen LogP contribution in [-0.2, 0) is 114 Å². The van der Waals surface area contributed by atoms with Crippen molar-refractivity contribution < 1.29 is 473 Å². The molecule has 0 aliphatic carbocycles. The number of aliphatic carboxylic acids is 8. The molecule has 0 amide bonds. The quantitative estimate of drug-likeness (QED) is 0.0253. The van der Waals surface area contributed by atoms with E-state index < -0.39 is 369 Å². The van der Waals surface area contributed by atoms with Crippen molar-refractivity contribution in [2.45, 2.75) is 314 Å². The van der Waals surface area contributed by atoms with Crippen molar-refractivity contribution >= 4 is 142 Å². The van der Waals surface area contributed by atoms with Gasteiger partial charge in [0.25, 0.3) is 0 Å². The van der Waals surface area contributed by atoms with E-state index in [2.05, 4.69) is 0 Å². The van der Waals surface area contributed by atoms with Crippen LogP contribution >= 0.6 is 94.1 Å². The van der Waals surface area contributed by atoms with Gasteiger partial charge in [0.05, 0.1) is 54.9 Å². The van der Waals surface area contributed by atoms with Gasteiger partial charge in [0.1, 0.15) is 134 Å². The summed E-state index contributed by atoms with van der Waals surface area (Å²) in [6, 6.07) is 0. The minimum absolute atomic E-state index is 0. The number of hydrogen-bond donors (Lipinski definition) is 16. The van der Waals surface area contributed by atoms with Crippen LogP contribution in [0.2, 0.25) is 0 Å². The van der Waals surface area contributed by atoms with Crippen LogP contribution in [-0.4, -0.2) is 468 Å². The summed E-state index contributed by atoms with van der Waals surface area (Å²) in [5.41, 5.74) is 0. The fraction of sp³-hybridized carbons (Fsp3) is 0.905. The number of rotatable bonds is 40. The Labute approximate surface area is 1070 Å².